The maximum Gasteiger partial charge on any atom is 0.140 e. The smallest absolute Gasteiger partial charge is 0.140 e. The predicted molar refractivity (Wildman–Crippen MR) is 124 cm³/mol. The van der Waals surface area contributed by atoms with Crippen molar-refractivity contribution in [3.63, 3.8) is 0 Å². The normalized spacial score (nSPS) is 17.5. The molecule has 0 atom stereocenters. The van der Waals surface area contributed by atoms with Gasteiger partial charge in [0.2, 0.25) is 0 Å². The molecule has 0 heterocycles. The van der Waals surface area contributed by atoms with E-state index in [0.29, 0.717) is 17.1 Å². The van der Waals surface area contributed by atoms with E-state index < -0.39 is 0 Å². The van der Waals surface area contributed by atoms with Gasteiger partial charge in [-0.3, -0.25) is 0 Å². The molecule has 0 fully saturated rings. The van der Waals surface area contributed by atoms with Gasteiger partial charge in [0.1, 0.15) is 9.28 Å². The van der Waals surface area contributed by atoms with Gasteiger partial charge < -0.3 is 13.9 Å². The van der Waals surface area contributed by atoms with Crippen LogP contribution in [0.3, 0.4) is 0 Å². The molecule has 0 aromatic carbocycles. The Hall–Kier alpha value is 2.27. The van der Waals surface area contributed by atoms with E-state index in [9.17, 15) is 0 Å². The van der Waals surface area contributed by atoms with Gasteiger partial charge in [-0.2, -0.15) is 0 Å². The first kappa shape index (κ1) is 21.3. The van der Waals surface area contributed by atoms with Gasteiger partial charge in [0, 0.05) is 15.7 Å². The van der Waals surface area contributed by atoms with Crippen LogP contribution in [0.2, 0.25) is 0 Å². The summed E-state index contributed by atoms with van der Waals surface area (Å²) < 4.78 is 16.2. The summed E-state index contributed by atoms with van der Waals surface area (Å²) in [6, 6.07) is 0. The molecule has 0 radical (unpaired) electrons. The average molecular weight is 451 g/mol. The van der Waals surface area contributed by atoms with Gasteiger partial charge >= 0.3 is 0 Å². The summed E-state index contributed by atoms with van der Waals surface area (Å²) >= 11 is 0. The third-order valence-corrected chi connectivity index (χ3v) is 177. The largest absolute Gasteiger partial charge is 0.426 e. The quantitative estimate of drug-likeness (QED) is 0.173. The van der Waals surface area contributed by atoms with Crippen molar-refractivity contribution >= 4 is 96.0 Å². The van der Waals surface area contributed by atoms with Gasteiger partial charge in [-0.05, 0) is 78.2 Å². The van der Waals surface area contributed by atoms with Crippen LogP contribution >= 0.6 is 0 Å². The Labute approximate surface area is 142 Å². The second kappa shape index (κ2) is 20.3. The molecule has 0 aromatic rings. The maximum atomic E-state index is 5.82. The Kier molecular flexibility index (Phi) is 22.7. The van der Waals surface area contributed by atoms with Crippen LogP contribution in [0.1, 0.15) is 0 Å². The number of methoxy groups -OCH3 is 1. The molecule has 0 saturated heterocycles. The molecule has 0 aliphatic rings. The zero-order valence-electron chi connectivity index (χ0n) is 13.1. The molecule has 0 N–H and O–H groups in total. The number of hydrogen-bond acceptors (Lipinski definition) is 3. The molecule has 3 nitrogen and oxygen atoms in total. The average Bonchev–Trinajstić information content (AvgIpc) is 2.43. The molecular weight excluding hydrogens is 417 g/mol. The monoisotopic (exact) mass is 450 g/mol. The van der Waals surface area contributed by atoms with Crippen LogP contribution in [-0.4, -0.2) is 130 Å². The van der Waals surface area contributed by atoms with Crippen LogP contribution < -0.4 is 0 Å². The van der Waals surface area contributed by atoms with Crippen LogP contribution in [-0.2, 0) is 13.9 Å². The van der Waals surface area contributed by atoms with Crippen molar-refractivity contribution in [2.75, 3.05) is 33.5 Å². The highest BCUT2D eigenvalue weighted by Crippen LogP contribution is 1.77. The van der Waals surface area contributed by atoms with Crippen molar-refractivity contribution in [1.29, 1.82) is 0 Å². The Morgan fingerprint density at radius 3 is 1.95 bits per heavy atom. The van der Waals surface area contributed by atoms with Crippen molar-refractivity contribution in [3.05, 3.63) is 0 Å². The summed E-state index contributed by atoms with van der Waals surface area (Å²) in [6.45, 7) is 3.14. The summed E-state index contributed by atoms with van der Waals surface area (Å²) in [5.74, 6) is 0. The fourth-order valence-electron chi connectivity index (χ4n) is 1.98. The van der Waals surface area contributed by atoms with Gasteiger partial charge in [-0.15, -0.1) is 0 Å². The molecule has 0 aliphatic heterocycles. The maximum absolute atomic E-state index is 5.82. The minimum absolute atomic E-state index is 0.0230. The van der Waals surface area contributed by atoms with Crippen molar-refractivity contribution in [2.24, 2.45) is 0 Å². The van der Waals surface area contributed by atoms with Gasteiger partial charge in [0.25, 0.3) is 0 Å². The fraction of sp³-hybridized carbons (Fsp3) is 1.00. The first-order valence-electron chi connectivity index (χ1n) is 8.06. The Balaban J connectivity index is 2.88. The van der Waals surface area contributed by atoms with Crippen LogP contribution in [0.5, 0.6) is 0 Å². The number of ether oxygens (including phenoxy) is 2. The molecular formula is C5H34O3Si11. The summed E-state index contributed by atoms with van der Waals surface area (Å²) in [7, 11) is 10.1. The van der Waals surface area contributed by atoms with E-state index in [0.717, 1.165) is 86.3 Å². The molecule has 0 aliphatic carbocycles. The summed E-state index contributed by atoms with van der Waals surface area (Å²) in [5, 5.41) is 0. The van der Waals surface area contributed by atoms with Crippen LogP contribution in [0, 0.1) is 0 Å². The third kappa shape index (κ3) is 20.3. The lowest BCUT2D eigenvalue weighted by Gasteiger charge is -2.04. The van der Waals surface area contributed by atoms with Gasteiger partial charge in [-0.25, -0.2) is 0 Å². The second-order valence-corrected chi connectivity index (χ2v) is 93.6. The molecule has 14 heteroatoms. The van der Waals surface area contributed by atoms with E-state index in [2.05, 4.69) is 0 Å². The SMILES string of the molecule is COCCOCCO[SiH2][SiH2][SiH2][SiH2][SiH2][SiH2][SiH2][SiH2][SiH2][SiH2][SiH3]. The Bertz CT molecular complexity index is 149. The number of hydrogen-bond donors (Lipinski definition) is 0. The lowest BCUT2D eigenvalue weighted by molar-refractivity contribution is 0.0555. The lowest BCUT2D eigenvalue weighted by atomic mass is 10.7. The molecule has 0 amide bonds. The first-order chi connectivity index (χ1) is 9.41. The molecule has 0 aromatic heterocycles. The zero-order chi connectivity index (χ0) is 14.0. The van der Waals surface area contributed by atoms with Gasteiger partial charge in [-0.1, -0.05) is 0 Å². The lowest BCUT2D eigenvalue weighted by Crippen LogP contribution is -2.33. The molecule has 0 spiro atoms. The van der Waals surface area contributed by atoms with E-state index in [-0.39, 0.29) is 9.28 Å². The van der Waals surface area contributed by atoms with Gasteiger partial charge in [0.05, 0.1) is 26.4 Å². The van der Waals surface area contributed by atoms with E-state index >= 15 is 0 Å². The van der Waals surface area contributed by atoms with Crippen LogP contribution in [0.15, 0.2) is 0 Å². The predicted octanol–water partition coefficient (Wildman–Crippen LogP) is -10.2. The summed E-state index contributed by atoms with van der Waals surface area (Å²) in [5.41, 5.74) is 0. The molecule has 0 bridgehead atoms. The van der Waals surface area contributed by atoms with Crippen LogP contribution in [0.25, 0.3) is 0 Å². The Morgan fingerprint density at radius 1 is 0.737 bits per heavy atom. The van der Waals surface area contributed by atoms with Crippen molar-refractivity contribution in [1.82, 2.24) is 0 Å². The number of rotatable bonds is 16. The molecule has 0 saturated carbocycles. The van der Waals surface area contributed by atoms with E-state index in [4.69, 9.17) is 13.9 Å². The third-order valence-electron chi connectivity index (χ3n) is 3.20. The fourth-order valence-corrected chi connectivity index (χ4v) is 331. The van der Waals surface area contributed by atoms with Crippen molar-refractivity contribution < 1.29 is 13.9 Å². The first-order valence-corrected chi connectivity index (χ1v) is 50.3. The van der Waals surface area contributed by atoms with Crippen molar-refractivity contribution in [2.45, 2.75) is 0 Å². The molecule has 0 unspecified atom stereocenters. The Morgan fingerprint density at radius 2 is 1.32 bits per heavy atom. The molecule has 19 heavy (non-hydrogen) atoms. The minimum Gasteiger partial charge on any atom is -0.426 e. The van der Waals surface area contributed by atoms with E-state index in [1.54, 1.807) is 16.9 Å². The second-order valence-electron chi connectivity index (χ2n) is 5.05. The molecule has 116 valence electrons. The van der Waals surface area contributed by atoms with E-state index in [1.807, 2.05) is 0 Å². The van der Waals surface area contributed by atoms with Crippen molar-refractivity contribution in [3.8, 4) is 0 Å². The standard InChI is InChI=1S/C5H34O3Si11/c1-6-2-3-7-4-5-8-10-12-14-16-18-19-17-15-13-11-9/h2-5,10-19H2,1,9H3. The topological polar surface area (TPSA) is 27.7 Å². The highest BCUT2D eigenvalue weighted by Gasteiger charge is 1.97. The minimum atomic E-state index is 0.0230. The highest BCUT2D eigenvalue weighted by atomic mass is 30.0. The van der Waals surface area contributed by atoms with E-state index in [1.165, 1.54) is 0 Å². The summed E-state index contributed by atoms with van der Waals surface area (Å²) in [6.07, 6.45) is 0. The summed E-state index contributed by atoms with van der Waals surface area (Å²) in [4.78, 5) is 0. The highest BCUT2D eigenvalue weighted by molar-refractivity contribution is 7.69. The van der Waals surface area contributed by atoms with Crippen LogP contribution in [0.4, 0.5) is 0 Å². The zero-order valence-corrected chi connectivity index (χ0v) is 29.3. The van der Waals surface area contributed by atoms with Gasteiger partial charge in [0.15, 0.2) is 0 Å². The molecule has 0 rings (SSSR count).